The molecule has 1 heterocycles. The largest absolute Gasteiger partial charge is 0.468 e. The zero-order chi connectivity index (χ0) is 16.3. The zero-order valence-electron chi connectivity index (χ0n) is 12.4. The number of thioether (sulfide) groups is 1. The molecule has 1 aromatic heterocycles. The fourth-order valence-electron chi connectivity index (χ4n) is 1.66. The summed E-state index contributed by atoms with van der Waals surface area (Å²) in [6, 6.07) is 13.2. The lowest BCUT2D eigenvalue weighted by Crippen LogP contribution is -2.28. The van der Waals surface area contributed by atoms with E-state index in [1.165, 1.54) is 17.8 Å². The molecule has 0 aliphatic rings. The number of furan rings is 1. The van der Waals surface area contributed by atoms with Crippen molar-refractivity contribution in [3.63, 3.8) is 0 Å². The van der Waals surface area contributed by atoms with Crippen LogP contribution in [0, 0.1) is 0 Å². The lowest BCUT2D eigenvalue weighted by atomic mass is 10.2. The van der Waals surface area contributed by atoms with E-state index in [9.17, 15) is 9.59 Å². The average molecular weight is 331 g/mol. The van der Waals surface area contributed by atoms with E-state index in [0.717, 1.165) is 11.3 Å². The van der Waals surface area contributed by atoms with Crippen molar-refractivity contribution < 1.29 is 18.7 Å². The van der Waals surface area contributed by atoms with E-state index in [1.807, 2.05) is 42.5 Å². The Hall–Kier alpha value is -2.47. The van der Waals surface area contributed by atoms with Crippen molar-refractivity contribution >= 4 is 23.6 Å². The van der Waals surface area contributed by atoms with Gasteiger partial charge in [0, 0.05) is 12.6 Å². The summed E-state index contributed by atoms with van der Waals surface area (Å²) < 4.78 is 10.0. The summed E-state index contributed by atoms with van der Waals surface area (Å²) in [5, 5.41) is 4.30. The van der Waals surface area contributed by atoms with Crippen LogP contribution in [0.3, 0.4) is 0 Å². The number of hydrogen-bond acceptors (Lipinski definition) is 5. The highest BCUT2D eigenvalue weighted by Crippen LogP contribution is 2.13. The van der Waals surface area contributed by atoms with E-state index in [0.29, 0.717) is 12.3 Å². The zero-order valence-corrected chi connectivity index (χ0v) is 13.3. The smallest absolute Gasteiger partial charge is 0.331 e. The van der Waals surface area contributed by atoms with Crippen molar-refractivity contribution in [1.29, 1.82) is 0 Å². The standard InChI is InChI=1S/C17H17NO4S/c19-16(18-11-14-5-2-1-3-6-14)12-22-17(20)8-10-23-13-15-7-4-9-21-15/h1-10H,11-13H2,(H,18,19). The molecule has 0 fully saturated rings. The van der Waals surface area contributed by atoms with Crippen LogP contribution in [0.2, 0.25) is 0 Å². The fraction of sp³-hybridized carbons (Fsp3) is 0.176. The monoisotopic (exact) mass is 331 g/mol. The van der Waals surface area contributed by atoms with E-state index >= 15 is 0 Å². The van der Waals surface area contributed by atoms with Gasteiger partial charge >= 0.3 is 5.97 Å². The van der Waals surface area contributed by atoms with Crippen molar-refractivity contribution in [2.45, 2.75) is 12.3 Å². The molecule has 120 valence electrons. The first-order valence-electron chi connectivity index (χ1n) is 7.02. The number of carbonyl (C=O) groups excluding carboxylic acids is 2. The molecule has 1 aromatic carbocycles. The van der Waals surface area contributed by atoms with Crippen LogP contribution >= 0.6 is 11.8 Å². The average Bonchev–Trinajstić information content (AvgIpc) is 3.09. The second-order valence-electron chi connectivity index (χ2n) is 4.56. The van der Waals surface area contributed by atoms with Gasteiger partial charge in [-0.25, -0.2) is 4.79 Å². The molecule has 0 aliphatic carbocycles. The number of carbonyl (C=O) groups is 2. The highest BCUT2D eigenvalue weighted by atomic mass is 32.2. The first kappa shape index (κ1) is 16.9. The predicted molar refractivity (Wildman–Crippen MR) is 88.4 cm³/mol. The van der Waals surface area contributed by atoms with E-state index in [2.05, 4.69) is 5.32 Å². The van der Waals surface area contributed by atoms with Crippen LogP contribution in [-0.2, 0) is 26.6 Å². The molecule has 1 amide bonds. The van der Waals surface area contributed by atoms with Crippen molar-refractivity contribution in [3.8, 4) is 0 Å². The van der Waals surface area contributed by atoms with Crippen molar-refractivity contribution in [3.05, 3.63) is 71.5 Å². The van der Waals surface area contributed by atoms with Crippen LogP contribution < -0.4 is 5.32 Å². The molecule has 1 N–H and O–H groups in total. The highest BCUT2D eigenvalue weighted by molar-refractivity contribution is 8.01. The summed E-state index contributed by atoms with van der Waals surface area (Å²) in [6.45, 7) is 0.116. The predicted octanol–water partition coefficient (Wildman–Crippen LogP) is 2.89. The molecule has 0 unspecified atom stereocenters. The van der Waals surface area contributed by atoms with Gasteiger partial charge in [0.15, 0.2) is 6.61 Å². The maximum atomic E-state index is 11.6. The summed E-state index contributed by atoms with van der Waals surface area (Å²) in [5.74, 6) is 0.577. The number of amides is 1. The maximum Gasteiger partial charge on any atom is 0.331 e. The molecule has 0 bridgehead atoms. The van der Waals surface area contributed by atoms with Crippen LogP contribution in [0.25, 0.3) is 0 Å². The van der Waals surface area contributed by atoms with Gasteiger partial charge in [-0.05, 0) is 23.1 Å². The number of rotatable bonds is 8. The van der Waals surface area contributed by atoms with E-state index in [-0.39, 0.29) is 12.5 Å². The molecule has 23 heavy (non-hydrogen) atoms. The Morgan fingerprint density at radius 3 is 2.74 bits per heavy atom. The van der Waals surface area contributed by atoms with Gasteiger partial charge in [-0.2, -0.15) is 0 Å². The van der Waals surface area contributed by atoms with Gasteiger partial charge in [0.25, 0.3) is 5.91 Å². The normalized spacial score (nSPS) is 10.6. The number of nitrogens with one attached hydrogen (secondary N) is 1. The summed E-state index contributed by atoms with van der Waals surface area (Å²) in [6.07, 6.45) is 2.89. The molecule has 2 rings (SSSR count). The van der Waals surface area contributed by atoms with Gasteiger partial charge in [0.05, 0.1) is 12.0 Å². The molecule has 0 saturated heterocycles. The van der Waals surface area contributed by atoms with E-state index in [4.69, 9.17) is 9.15 Å². The van der Waals surface area contributed by atoms with E-state index in [1.54, 1.807) is 11.7 Å². The first-order valence-corrected chi connectivity index (χ1v) is 8.07. The molecule has 0 saturated carbocycles. The number of benzene rings is 1. The molecular weight excluding hydrogens is 314 g/mol. The Morgan fingerprint density at radius 2 is 2.00 bits per heavy atom. The Kier molecular flexibility index (Phi) is 7.00. The fourth-order valence-corrected chi connectivity index (χ4v) is 2.29. The maximum absolute atomic E-state index is 11.6. The Labute approximate surface area is 138 Å². The summed E-state index contributed by atoms with van der Waals surface area (Å²) >= 11 is 1.41. The molecule has 0 atom stereocenters. The van der Waals surface area contributed by atoms with Crippen molar-refractivity contribution in [2.24, 2.45) is 0 Å². The van der Waals surface area contributed by atoms with Gasteiger partial charge in [-0.3, -0.25) is 4.79 Å². The molecule has 6 heteroatoms. The SMILES string of the molecule is O=C(COC(=O)C=CSCc1ccco1)NCc1ccccc1. The third-order valence-corrected chi connectivity index (χ3v) is 3.56. The molecule has 0 spiro atoms. The quantitative estimate of drug-likeness (QED) is 0.595. The molecule has 2 aromatic rings. The Bertz CT molecular complexity index is 638. The van der Waals surface area contributed by atoms with Crippen LogP contribution in [-0.4, -0.2) is 18.5 Å². The number of esters is 1. The van der Waals surface area contributed by atoms with Crippen LogP contribution in [0.15, 0.2) is 64.6 Å². The van der Waals surface area contributed by atoms with Crippen LogP contribution in [0.1, 0.15) is 11.3 Å². The minimum absolute atomic E-state index is 0.293. The molecule has 5 nitrogen and oxygen atoms in total. The van der Waals surface area contributed by atoms with Crippen molar-refractivity contribution in [2.75, 3.05) is 6.61 Å². The summed E-state index contributed by atoms with van der Waals surface area (Å²) in [4.78, 5) is 23.0. The Morgan fingerprint density at radius 1 is 1.17 bits per heavy atom. The van der Waals surface area contributed by atoms with Crippen LogP contribution in [0.5, 0.6) is 0 Å². The molecule has 0 aliphatic heterocycles. The number of ether oxygens (including phenoxy) is 1. The highest BCUT2D eigenvalue weighted by Gasteiger charge is 2.04. The molecule has 0 radical (unpaired) electrons. The van der Waals surface area contributed by atoms with Crippen molar-refractivity contribution in [1.82, 2.24) is 5.32 Å². The van der Waals surface area contributed by atoms with E-state index < -0.39 is 5.97 Å². The first-order chi connectivity index (χ1) is 11.2. The van der Waals surface area contributed by atoms with Gasteiger partial charge in [-0.15, -0.1) is 11.8 Å². The minimum Gasteiger partial charge on any atom is -0.468 e. The second-order valence-corrected chi connectivity index (χ2v) is 5.46. The lowest BCUT2D eigenvalue weighted by molar-refractivity contribution is -0.143. The third-order valence-electron chi connectivity index (χ3n) is 2.78. The molecular formula is C17H17NO4S. The topological polar surface area (TPSA) is 68.5 Å². The third kappa shape index (κ3) is 6.88. The second kappa shape index (κ2) is 9.53. The van der Waals surface area contributed by atoms with Crippen LogP contribution in [0.4, 0.5) is 0 Å². The van der Waals surface area contributed by atoms with Gasteiger partial charge in [0.2, 0.25) is 0 Å². The van der Waals surface area contributed by atoms with Gasteiger partial charge < -0.3 is 14.5 Å². The minimum atomic E-state index is -0.549. The number of hydrogen-bond donors (Lipinski definition) is 1. The van der Waals surface area contributed by atoms with Gasteiger partial charge in [0.1, 0.15) is 5.76 Å². The Balaban J connectivity index is 1.59. The summed E-state index contributed by atoms with van der Waals surface area (Å²) in [5.41, 5.74) is 0.987. The lowest BCUT2D eigenvalue weighted by Gasteiger charge is -2.05. The summed E-state index contributed by atoms with van der Waals surface area (Å²) in [7, 11) is 0. The van der Waals surface area contributed by atoms with Gasteiger partial charge in [-0.1, -0.05) is 30.3 Å².